The molecule has 0 aromatic heterocycles. The first kappa shape index (κ1) is 9.44. The summed E-state index contributed by atoms with van der Waals surface area (Å²) in [5, 5.41) is 10.3. The van der Waals surface area contributed by atoms with Gasteiger partial charge in [-0.1, -0.05) is 0 Å². The van der Waals surface area contributed by atoms with E-state index in [1.807, 2.05) is 0 Å². The van der Waals surface area contributed by atoms with Gasteiger partial charge in [-0.05, 0) is 45.9 Å². The number of aliphatic hydroxyl groups is 1. The highest BCUT2D eigenvalue weighted by Gasteiger charge is 2.34. The maximum Gasteiger partial charge on any atom is 0.0900 e. The number of nitrogens with zero attached hydrogens (tertiary/aromatic N) is 2. The van der Waals surface area contributed by atoms with E-state index in [2.05, 4.69) is 16.8 Å². The average Bonchev–Trinajstić information content (AvgIpc) is 1.97. The van der Waals surface area contributed by atoms with Gasteiger partial charge >= 0.3 is 0 Å². The van der Waals surface area contributed by atoms with Gasteiger partial charge < -0.3 is 14.9 Å². The Morgan fingerprint density at radius 3 is 2.54 bits per heavy atom. The summed E-state index contributed by atoms with van der Waals surface area (Å²) < 4.78 is 0. The van der Waals surface area contributed by atoms with Gasteiger partial charge in [-0.25, -0.2) is 0 Å². The largest absolute Gasteiger partial charge is 0.387 e. The minimum atomic E-state index is -0.423. The Bertz CT molecular complexity index is 182. The van der Waals surface area contributed by atoms with Crippen LogP contribution in [0.25, 0.3) is 0 Å². The molecule has 2 saturated heterocycles. The lowest BCUT2D eigenvalue weighted by atomic mass is 9.91. The average molecular weight is 184 g/mol. The van der Waals surface area contributed by atoms with Crippen molar-refractivity contribution in [3.8, 4) is 0 Å². The smallest absolute Gasteiger partial charge is 0.0900 e. The maximum atomic E-state index is 10.3. The molecule has 0 saturated carbocycles. The summed E-state index contributed by atoms with van der Waals surface area (Å²) in [6.45, 7) is 5.25. The molecule has 1 N–H and O–H groups in total. The van der Waals surface area contributed by atoms with E-state index in [9.17, 15) is 5.11 Å². The van der Waals surface area contributed by atoms with Crippen molar-refractivity contribution < 1.29 is 5.11 Å². The molecule has 0 aromatic rings. The van der Waals surface area contributed by atoms with E-state index in [0.717, 1.165) is 32.5 Å². The molecule has 1 atom stereocenters. The Morgan fingerprint density at radius 2 is 2.00 bits per heavy atom. The highest BCUT2D eigenvalue weighted by atomic mass is 16.3. The molecule has 1 unspecified atom stereocenters. The van der Waals surface area contributed by atoms with Crippen molar-refractivity contribution in [3.63, 3.8) is 0 Å². The van der Waals surface area contributed by atoms with Gasteiger partial charge in [-0.2, -0.15) is 0 Å². The zero-order valence-electron chi connectivity index (χ0n) is 8.50. The van der Waals surface area contributed by atoms with Crippen LogP contribution in [0.2, 0.25) is 0 Å². The molecule has 13 heavy (non-hydrogen) atoms. The molecule has 0 spiro atoms. The van der Waals surface area contributed by atoms with Crippen LogP contribution in [0.5, 0.6) is 0 Å². The van der Waals surface area contributed by atoms with Crippen molar-refractivity contribution in [2.24, 2.45) is 0 Å². The van der Waals surface area contributed by atoms with Gasteiger partial charge in [0.15, 0.2) is 0 Å². The summed E-state index contributed by atoms with van der Waals surface area (Å²) in [4.78, 5) is 4.60. The third-order valence-corrected chi connectivity index (χ3v) is 3.21. The number of likely N-dealkylation sites (tertiary alicyclic amines) is 2. The van der Waals surface area contributed by atoms with Crippen LogP contribution in [0.1, 0.15) is 19.3 Å². The van der Waals surface area contributed by atoms with Gasteiger partial charge in [-0.3, -0.25) is 0 Å². The molecule has 76 valence electrons. The minimum absolute atomic E-state index is 0.423. The number of hydrogen-bond donors (Lipinski definition) is 1. The van der Waals surface area contributed by atoms with Crippen LogP contribution >= 0.6 is 0 Å². The first-order valence-electron chi connectivity index (χ1n) is 5.31. The van der Waals surface area contributed by atoms with Crippen LogP contribution in [0.15, 0.2) is 0 Å². The predicted molar refractivity (Wildman–Crippen MR) is 52.7 cm³/mol. The molecule has 0 radical (unpaired) electrons. The molecule has 0 amide bonds. The minimum Gasteiger partial charge on any atom is -0.387 e. The van der Waals surface area contributed by atoms with Crippen molar-refractivity contribution >= 4 is 0 Å². The molecule has 0 bridgehead atoms. The summed E-state index contributed by atoms with van der Waals surface area (Å²) in [5.41, 5.74) is -0.423. The Balaban J connectivity index is 1.85. The van der Waals surface area contributed by atoms with E-state index < -0.39 is 5.60 Å². The molecular weight excluding hydrogens is 164 g/mol. The van der Waals surface area contributed by atoms with E-state index in [1.54, 1.807) is 0 Å². The van der Waals surface area contributed by atoms with Crippen LogP contribution in [-0.4, -0.2) is 60.3 Å². The van der Waals surface area contributed by atoms with Crippen LogP contribution in [0, 0.1) is 0 Å². The zero-order chi connectivity index (χ0) is 9.31. The first-order valence-corrected chi connectivity index (χ1v) is 5.31. The van der Waals surface area contributed by atoms with Crippen molar-refractivity contribution in [2.75, 3.05) is 39.8 Å². The first-order chi connectivity index (χ1) is 6.18. The molecule has 2 aliphatic heterocycles. The number of β-amino-alcohol motifs (C(OH)–C–C–N with tert-alkyl or cyclic N) is 1. The summed E-state index contributed by atoms with van der Waals surface area (Å²) in [6.07, 6.45) is 3.43. The summed E-state index contributed by atoms with van der Waals surface area (Å²) in [6, 6.07) is 0. The number of rotatable bonds is 2. The predicted octanol–water partition coefficient (Wildman–Crippen LogP) is 0.149. The van der Waals surface area contributed by atoms with E-state index in [4.69, 9.17) is 0 Å². The molecule has 0 aliphatic carbocycles. The Morgan fingerprint density at radius 1 is 1.23 bits per heavy atom. The third-order valence-electron chi connectivity index (χ3n) is 3.21. The lowest BCUT2D eigenvalue weighted by Gasteiger charge is -2.43. The molecule has 2 rings (SSSR count). The van der Waals surface area contributed by atoms with Gasteiger partial charge in [0.25, 0.3) is 0 Å². The van der Waals surface area contributed by atoms with Crippen molar-refractivity contribution in [1.82, 2.24) is 9.80 Å². The van der Waals surface area contributed by atoms with Crippen LogP contribution < -0.4 is 0 Å². The molecule has 3 heteroatoms. The summed E-state index contributed by atoms with van der Waals surface area (Å²) >= 11 is 0. The molecule has 2 heterocycles. The Hall–Kier alpha value is -0.120. The van der Waals surface area contributed by atoms with Gasteiger partial charge in [-0.15, -0.1) is 0 Å². The lowest BCUT2D eigenvalue weighted by molar-refractivity contribution is -0.0576. The van der Waals surface area contributed by atoms with Gasteiger partial charge in [0.05, 0.1) is 5.60 Å². The summed E-state index contributed by atoms with van der Waals surface area (Å²) in [7, 11) is 2.10. The quantitative estimate of drug-likeness (QED) is 0.662. The molecular formula is C10H20N2O. The standard InChI is InChI=1S/C10H20N2O/c1-11-5-2-4-10(13,8-11)9-12-6-3-7-12/h13H,2-9H2,1H3. The van der Waals surface area contributed by atoms with Crippen molar-refractivity contribution in [3.05, 3.63) is 0 Å². The van der Waals surface area contributed by atoms with Crippen LogP contribution in [0.4, 0.5) is 0 Å². The van der Waals surface area contributed by atoms with E-state index in [0.29, 0.717) is 0 Å². The van der Waals surface area contributed by atoms with E-state index in [1.165, 1.54) is 19.5 Å². The van der Waals surface area contributed by atoms with Crippen molar-refractivity contribution in [1.29, 1.82) is 0 Å². The maximum absolute atomic E-state index is 10.3. The molecule has 2 fully saturated rings. The van der Waals surface area contributed by atoms with Gasteiger partial charge in [0.2, 0.25) is 0 Å². The monoisotopic (exact) mass is 184 g/mol. The number of hydrogen-bond acceptors (Lipinski definition) is 3. The SMILES string of the molecule is CN1CCCC(O)(CN2CCC2)C1. The lowest BCUT2D eigenvalue weighted by Crippen LogP contribution is -2.55. The van der Waals surface area contributed by atoms with E-state index in [-0.39, 0.29) is 0 Å². The zero-order valence-corrected chi connectivity index (χ0v) is 8.50. The topological polar surface area (TPSA) is 26.7 Å². The summed E-state index contributed by atoms with van der Waals surface area (Å²) in [5.74, 6) is 0. The molecule has 0 aromatic carbocycles. The van der Waals surface area contributed by atoms with Crippen LogP contribution in [-0.2, 0) is 0 Å². The van der Waals surface area contributed by atoms with E-state index >= 15 is 0 Å². The Kier molecular flexibility index (Phi) is 2.58. The highest BCUT2D eigenvalue weighted by molar-refractivity contribution is 4.90. The molecule has 2 aliphatic rings. The number of piperidine rings is 1. The Labute approximate surface area is 80.3 Å². The highest BCUT2D eigenvalue weighted by Crippen LogP contribution is 2.23. The number of likely N-dealkylation sites (N-methyl/N-ethyl adjacent to an activating group) is 1. The van der Waals surface area contributed by atoms with Crippen molar-refractivity contribution in [2.45, 2.75) is 24.9 Å². The fourth-order valence-electron chi connectivity index (χ4n) is 2.42. The normalized spacial score (nSPS) is 37.4. The third kappa shape index (κ3) is 2.22. The van der Waals surface area contributed by atoms with Gasteiger partial charge in [0.1, 0.15) is 0 Å². The second kappa shape index (κ2) is 3.56. The second-order valence-corrected chi connectivity index (χ2v) is 4.70. The molecule has 3 nitrogen and oxygen atoms in total. The van der Waals surface area contributed by atoms with Crippen LogP contribution in [0.3, 0.4) is 0 Å². The second-order valence-electron chi connectivity index (χ2n) is 4.70. The fraction of sp³-hybridized carbons (Fsp3) is 1.00. The van der Waals surface area contributed by atoms with Gasteiger partial charge in [0, 0.05) is 13.1 Å². The fourth-order valence-corrected chi connectivity index (χ4v) is 2.42.